The van der Waals surface area contributed by atoms with Gasteiger partial charge in [-0.15, -0.1) is 0 Å². The molecule has 0 atom stereocenters. The zero-order valence-electron chi connectivity index (χ0n) is 21.2. The van der Waals surface area contributed by atoms with E-state index < -0.39 is 0 Å². The van der Waals surface area contributed by atoms with Crippen LogP contribution in [-0.4, -0.2) is 56.7 Å². The highest BCUT2D eigenvalue weighted by atomic mass is 16.2. The van der Waals surface area contributed by atoms with Crippen LogP contribution in [0.3, 0.4) is 0 Å². The van der Waals surface area contributed by atoms with Gasteiger partial charge in [-0.2, -0.15) is 5.10 Å². The van der Waals surface area contributed by atoms with Gasteiger partial charge >= 0.3 is 0 Å². The van der Waals surface area contributed by atoms with Gasteiger partial charge in [-0.3, -0.25) is 4.79 Å². The Kier molecular flexibility index (Phi) is 7.26. The fourth-order valence-electron chi connectivity index (χ4n) is 4.89. The van der Waals surface area contributed by atoms with Crippen LogP contribution in [0.5, 0.6) is 0 Å². The standard InChI is InChI=1S/C29H34N6O/c1-3-4-7-16-26(36)33-17-19-34(20-18-33)28-27-22(2)32-35(24-14-10-6-11-15-24)29(27)31-25(30-28)21-23-12-8-5-9-13-23/h5-6,8-15H,3-4,7,16-21H2,1-2H3. The fraction of sp³-hybridized carbons (Fsp3) is 0.379. The molecule has 186 valence electrons. The molecule has 1 fully saturated rings. The van der Waals surface area contributed by atoms with E-state index in [2.05, 4.69) is 24.0 Å². The maximum absolute atomic E-state index is 12.7. The van der Waals surface area contributed by atoms with Crippen molar-refractivity contribution < 1.29 is 4.79 Å². The number of benzene rings is 2. The summed E-state index contributed by atoms with van der Waals surface area (Å²) in [6.07, 6.45) is 4.52. The predicted molar refractivity (Wildman–Crippen MR) is 144 cm³/mol. The Bertz CT molecular complexity index is 1310. The number of anilines is 1. The number of rotatable bonds is 8. The first-order valence-corrected chi connectivity index (χ1v) is 13.0. The van der Waals surface area contributed by atoms with Crippen LogP contribution in [0.15, 0.2) is 60.7 Å². The Hall–Kier alpha value is -3.74. The SMILES string of the molecule is CCCCCC(=O)N1CCN(c2nc(Cc3ccccc3)nc3c2c(C)nn3-c2ccccc2)CC1. The number of aryl methyl sites for hydroxylation is 1. The second-order valence-corrected chi connectivity index (χ2v) is 9.48. The first kappa shape index (κ1) is 24.0. The summed E-state index contributed by atoms with van der Waals surface area (Å²) in [5, 5.41) is 5.86. The lowest BCUT2D eigenvalue weighted by Crippen LogP contribution is -2.49. The second-order valence-electron chi connectivity index (χ2n) is 9.48. The van der Waals surface area contributed by atoms with Crippen molar-refractivity contribution in [3.63, 3.8) is 0 Å². The summed E-state index contributed by atoms with van der Waals surface area (Å²) in [5.74, 6) is 1.97. The van der Waals surface area contributed by atoms with Gasteiger partial charge in [-0.05, 0) is 31.0 Å². The first-order chi connectivity index (χ1) is 17.6. The summed E-state index contributed by atoms with van der Waals surface area (Å²) in [5.41, 5.74) is 3.89. The summed E-state index contributed by atoms with van der Waals surface area (Å²) in [6, 6.07) is 20.5. The van der Waals surface area contributed by atoms with Crippen molar-refractivity contribution in [2.24, 2.45) is 0 Å². The van der Waals surface area contributed by atoms with E-state index in [-0.39, 0.29) is 5.91 Å². The lowest BCUT2D eigenvalue weighted by atomic mass is 10.1. The van der Waals surface area contributed by atoms with Gasteiger partial charge in [0.2, 0.25) is 5.91 Å². The van der Waals surface area contributed by atoms with E-state index in [1.54, 1.807) is 0 Å². The van der Waals surface area contributed by atoms with Crippen molar-refractivity contribution in [2.75, 3.05) is 31.1 Å². The highest BCUT2D eigenvalue weighted by molar-refractivity contribution is 5.91. The molecule has 1 aliphatic rings. The Morgan fingerprint density at radius 2 is 1.58 bits per heavy atom. The topological polar surface area (TPSA) is 67.2 Å². The summed E-state index contributed by atoms with van der Waals surface area (Å²) in [6.45, 7) is 7.14. The molecule has 1 amide bonds. The molecule has 0 bridgehead atoms. The Balaban J connectivity index is 1.48. The number of amides is 1. The molecule has 3 heterocycles. The predicted octanol–water partition coefficient (Wildman–Crippen LogP) is 4.94. The number of carbonyl (C=O) groups excluding carboxylic acids is 1. The third-order valence-corrected chi connectivity index (χ3v) is 6.86. The molecule has 0 radical (unpaired) electrons. The molecule has 0 spiro atoms. The van der Waals surface area contributed by atoms with Gasteiger partial charge in [-0.25, -0.2) is 14.6 Å². The van der Waals surface area contributed by atoms with E-state index in [9.17, 15) is 4.79 Å². The molecule has 2 aromatic heterocycles. The highest BCUT2D eigenvalue weighted by Gasteiger charge is 2.26. The smallest absolute Gasteiger partial charge is 0.222 e. The molecule has 1 aliphatic heterocycles. The monoisotopic (exact) mass is 482 g/mol. The van der Waals surface area contributed by atoms with E-state index in [4.69, 9.17) is 15.1 Å². The molecule has 2 aromatic carbocycles. The highest BCUT2D eigenvalue weighted by Crippen LogP contribution is 2.30. The number of para-hydroxylation sites is 1. The van der Waals surface area contributed by atoms with Crippen molar-refractivity contribution in [3.8, 4) is 5.69 Å². The quantitative estimate of drug-likeness (QED) is 0.333. The van der Waals surface area contributed by atoms with Crippen molar-refractivity contribution in [1.82, 2.24) is 24.6 Å². The van der Waals surface area contributed by atoms with Crippen LogP contribution in [0, 0.1) is 6.92 Å². The van der Waals surface area contributed by atoms with Crippen LogP contribution in [0.2, 0.25) is 0 Å². The van der Waals surface area contributed by atoms with E-state index in [0.717, 1.165) is 79.5 Å². The maximum atomic E-state index is 12.7. The van der Waals surface area contributed by atoms with Gasteiger partial charge in [0, 0.05) is 39.0 Å². The molecule has 0 unspecified atom stereocenters. The van der Waals surface area contributed by atoms with Crippen molar-refractivity contribution in [1.29, 1.82) is 0 Å². The van der Waals surface area contributed by atoms with Crippen LogP contribution in [-0.2, 0) is 11.2 Å². The number of hydrogen-bond donors (Lipinski definition) is 0. The van der Waals surface area contributed by atoms with E-state index in [1.165, 1.54) is 5.56 Å². The average molecular weight is 483 g/mol. The van der Waals surface area contributed by atoms with Gasteiger partial charge in [0.1, 0.15) is 11.6 Å². The Morgan fingerprint density at radius 3 is 2.28 bits per heavy atom. The molecular weight excluding hydrogens is 448 g/mol. The van der Waals surface area contributed by atoms with Crippen molar-refractivity contribution in [2.45, 2.75) is 46.0 Å². The van der Waals surface area contributed by atoms with Crippen LogP contribution in [0.4, 0.5) is 5.82 Å². The number of fused-ring (bicyclic) bond motifs is 1. The molecule has 0 saturated carbocycles. The minimum Gasteiger partial charge on any atom is -0.352 e. The minimum atomic E-state index is 0.272. The molecule has 0 aliphatic carbocycles. The fourth-order valence-corrected chi connectivity index (χ4v) is 4.89. The largest absolute Gasteiger partial charge is 0.352 e. The zero-order valence-corrected chi connectivity index (χ0v) is 21.2. The summed E-state index contributed by atoms with van der Waals surface area (Å²) >= 11 is 0. The maximum Gasteiger partial charge on any atom is 0.222 e. The number of aromatic nitrogens is 4. The number of hydrogen-bond acceptors (Lipinski definition) is 5. The summed E-state index contributed by atoms with van der Waals surface area (Å²) < 4.78 is 1.93. The van der Waals surface area contributed by atoms with Gasteiger partial charge in [0.05, 0.1) is 16.8 Å². The molecule has 5 rings (SSSR count). The first-order valence-electron chi connectivity index (χ1n) is 13.0. The molecular formula is C29H34N6O. The van der Waals surface area contributed by atoms with Crippen molar-refractivity contribution >= 4 is 22.8 Å². The second kappa shape index (κ2) is 10.9. The van der Waals surface area contributed by atoms with Gasteiger partial charge in [-0.1, -0.05) is 68.3 Å². The van der Waals surface area contributed by atoms with Gasteiger partial charge in [0.15, 0.2) is 5.65 Å². The van der Waals surface area contributed by atoms with Gasteiger partial charge in [0.25, 0.3) is 0 Å². The number of unbranched alkanes of at least 4 members (excludes halogenated alkanes) is 2. The Morgan fingerprint density at radius 1 is 0.889 bits per heavy atom. The van der Waals surface area contributed by atoms with Crippen LogP contribution in [0.25, 0.3) is 16.7 Å². The lowest BCUT2D eigenvalue weighted by molar-refractivity contribution is -0.131. The van der Waals surface area contributed by atoms with Crippen LogP contribution in [0.1, 0.15) is 49.7 Å². The van der Waals surface area contributed by atoms with E-state index >= 15 is 0 Å². The molecule has 1 saturated heterocycles. The number of carbonyl (C=O) groups is 1. The number of piperazine rings is 1. The minimum absolute atomic E-state index is 0.272. The molecule has 0 N–H and O–H groups in total. The van der Waals surface area contributed by atoms with E-state index in [0.29, 0.717) is 12.8 Å². The van der Waals surface area contributed by atoms with Crippen LogP contribution >= 0.6 is 0 Å². The molecule has 7 heteroatoms. The molecule has 7 nitrogen and oxygen atoms in total. The van der Waals surface area contributed by atoms with Crippen molar-refractivity contribution in [3.05, 3.63) is 77.7 Å². The van der Waals surface area contributed by atoms with Gasteiger partial charge < -0.3 is 9.80 Å². The Labute approximate surface area is 212 Å². The summed E-state index contributed by atoms with van der Waals surface area (Å²) in [4.78, 5) is 27.1. The molecule has 36 heavy (non-hydrogen) atoms. The van der Waals surface area contributed by atoms with E-state index in [1.807, 2.05) is 65.0 Å². The third-order valence-electron chi connectivity index (χ3n) is 6.86. The zero-order chi connectivity index (χ0) is 24.9. The number of nitrogens with zero attached hydrogens (tertiary/aromatic N) is 6. The normalized spacial score (nSPS) is 13.9. The molecule has 4 aromatic rings. The van der Waals surface area contributed by atoms with Crippen LogP contribution < -0.4 is 4.90 Å². The summed E-state index contributed by atoms with van der Waals surface area (Å²) in [7, 11) is 0. The third kappa shape index (κ3) is 5.10. The lowest BCUT2D eigenvalue weighted by Gasteiger charge is -2.36. The average Bonchev–Trinajstić information content (AvgIpc) is 3.25.